The molecule has 0 spiro atoms. The highest BCUT2D eigenvalue weighted by Gasteiger charge is 2.17. The molecule has 6 nitrogen and oxygen atoms in total. The molecule has 0 aliphatic rings. The molecule has 2 heterocycles. The molecule has 21 heavy (non-hydrogen) atoms. The van der Waals surface area contributed by atoms with Crippen LogP contribution in [0.15, 0.2) is 24.5 Å². The van der Waals surface area contributed by atoms with Crippen molar-refractivity contribution in [2.75, 3.05) is 7.11 Å². The molecule has 2 aromatic heterocycles. The SMILES string of the molecule is COc1ccc2c(c1)nc(C(C)Cl)n2Cc1nncn1C. The van der Waals surface area contributed by atoms with Gasteiger partial charge in [0.15, 0.2) is 5.82 Å². The Bertz CT molecular complexity index is 777. The monoisotopic (exact) mass is 305 g/mol. The summed E-state index contributed by atoms with van der Waals surface area (Å²) in [6, 6.07) is 5.81. The molecule has 0 amide bonds. The van der Waals surface area contributed by atoms with E-state index in [1.807, 2.05) is 36.7 Å². The fourth-order valence-corrected chi connectivity index (χ4v) is 2.48. The third-order valence-corrected chi connectivity index (χ3v) is 3.64. The topological polar surface area (TPSA) is 57.8 Å². The van der Waals surface area contributed by atoms with Gasteiger partial charge in [-0.15, -0.1) is 21.8 Å². The van der Waals surface area contributed by atoms with Crippen molar-refractivity contribution in [3.05, 3.63) is 36.2 Å². The van der Waals surface area contributed by atoms with E-state index in [-0.39, 0.29) is 5.38 Å². The Morgan fingerprint density at radius 3 is 2.81 bits per heavy atom. The third kappa shape index (κ3) is 2.47. The molecule has 1 unspecified atom stereocenters. The quantitative estimate of drug-likeness (QED) is 0.695. The van der Waals surface area contributed by atoms with E-state index in [0.29, 0.717) is 6.54 Å². The maximum atomic E-state index is 6.28. The van der Waals surface area contributed by atoms with E-state index >= 15 is 0 Å². The Balaban J connectivity index is 2.14. The number of hydrogen-bond donors (Lipinski definition) is 0. The summed E-state index contributed by atoms with van der Waals surface area (Å²) in [6.45, 7) is 2.49. The van der Waals surface area contributed by atoms with Crippen LogP contribution in [0, 0.1) is 0 Å². The van der Waals surface area contributed by atoms with Gasteiger partial charge in [-0.3, -0.25) is 0 Å². The highest BCUT2D eigenvalue weighted by molar-refractivity contribution is 6.20. The lowest BCUT2D eigenvalue weighted by Crippen LogP contribution is -2.09. The van der Waals surface area contributed by atoms with Crippen LogP contribution in [0.25, 0.3) is 11.0 Å². The van der Waals surface area contributed by atoms with E-state index in [4.69, 9.17) is 16.3 Å². The lowest BCUT2D eigenvalue weighted by atomic mass is 10.3. The zero-order valence-electron chi connectivity index (χ0n) is 12.1. The van der Waals surface area contributed by atoms with Crippen LogP contribution in [-0.4, -0.2) is 31.4 Å². The molecule has 3 rings (SSSR count). The zero-order chi connectivity index (χ0) is 15.0. The predicted molar refractivity (Wildman–Crippen MR) is 80.7 cm³/mol. The van der Waals surface area contributed by atoms with Gasteiger partial charge in [-0.25, -0.2) is 4.98 Å². The number of aromatic nitrogens is 5. The van der Waals surface area contributed by atoms with Gasteiger partial charge in [0.05, 0.1) is 30.1 Å². The van der Waals surface area contributed by atoms with Crippen molar-refractivity contribution in [3.63, 3.8) is 0 Å². The van der Waals surface area contributed by atoms with Crippen LogP contribution in [-0.2, 0) is 13.6 Å². The molecule has 1 aromatic carbocycles. The Morgan fingerprint density at radius 1 is 1.38 bits per heavy atom. The molecule has 0 radical (unpaired) electrons. The highest BCUT2D eigenvalue weighted by Crippen LogP contribution is 2.27. The van der Waals surface area contributed by atoms with Crippen molar-refractivity contribution in [1.82, 2.24) is 24.3 Å². The van der Waals surface area contributed by atoms with Gasteiger partial charge in [0.25, 0.3) is 0 Å². The standard InChI is InChI=1S/C14H16ClN5O/c1-9(15)14-17-11-6-10(21-3)4-5-12(11)20(14)7-13-18-16-8-19(13)2/h4-6,8-9H,7H2,1-3H3. The first kappa shape index (κ1) is 13.9. The van der Waals surface area contributed by atoms with E-state index in [1.54, 1.807) is 13.4 Å². The second kappa shape index (κ2) is 5.37. The minimum Gasteiger partial charge on any atom is -0.497 e. The maximum absolute atomic E-state index is 6.28. The first-order chi connectivity index (χ1) is 10.1. The van der Waals surface area contributed by atoms with Gasteiger partial charge in [0.2, 0.25) is 0 Å². The molecule has 0 fully saturated rings. The molecule has 1 atom stereocenters. The second-order valence-electron chi connectivity index (χ2n) is 4.88. The van der Waals surface area contributed by atoms with Gasteiger partial charge in [0, 0.05) is 13.1 Å². The first-order valence-electron chi connectivity index (χ1n) is 6.61. The van der Waals surface area contributed by atoms with Gasteiger partial charge in [-0.05, 0) is 19.1 Å². The molecule has 0 N–H and O–H groups in total. The molecule has 0 aliphatic heterocycles. The number of methoxy groups -OCH3 is 1. The summed E-state index contributed by atoms with van der Waals surface area (Å²) in [5.41, 5.74) is 1.86. The molecule has 0 saturated heterocycles. The number of alkyl halides is 1. The summed E-state index contributed by atoms with van der Waals surface area (Å²) in [4.78, 5) is 4.62. The van der Waals surface area contributed by atoms with Gasteiger partial charge in [-0.2, -0.15) is 0 Å². The molecule has 0 aliphatic carbocycles. The van der Waals surface area contributed by atoms with Gasteiger partial charge in [-0.1, -0.05) is 0 Å². The summed E-state index contributed by atoms with van der Waals surface area (Å²) in [5, 5.41) is 7.84. The number of fused-ring (bicyclic) bond motifs is 1. The van der Waals surface area contributed by atoms with Crippen molar-refractivity contribution in [2.24, 2.45) is 7.05 Å². The van der Waals surface area contributed by atoms with Crippen molar-refractivity contribution < 1.29 is 4.74 Å². The van der Waals surface area contributed by atoms with Crippen molar-refractivity contribution in [2.45, 2.75) is 18.8 Å². The second-order valence-corrected chi connectivity index (χ2v) is 5.54. The number of hydrogen-bond acceptors (Lipinski definition) is 4. The van der Waals surface area contributed by atoms with Crippen LogP contribution in [0.3, 0.4) is 0 Å². The molecule has 110 valence electrons. The summed E-state index contributed by atoms with van der Waals surface area (Å²) >= 11 is 6.28. The van der Waals surface area contributed by atoms with Crippen LogP contribution >= 0.6 is 11.6 Å². The van der Waals surface area contributed by atoms with Crippen LogP contribution < -0.4 is 4.74 Å². The Labute approximate surface area is 127 Å². The van der Waals surface area contributed by atoms with E-state index in [9.17, 15) is 0 Å². The van der Waals surface area contributed by atoms with Crippen molar-refractivity contribution in [3.8, 4) is 5.75 Å². The minimum atomic E-state index is -0.198. The maximum Gasteiger partial charge on any atom is 0.152 e. The van der Waals surface area contributed by atoms with Crippen LogP contribution in [0.1, 0.15) is 23.9 Å². The average molecular weight is 306 g/mol. The Hall–Kier alpha value is -2.08. The molecule has 0 saturated carbocycles. The van der Waals surface area contributed by atoms with Crippen molar-refractivity contribution >= 4 is 22.6 Å². The van der Waals surface area contributed by atoms with E-state index < -0.39 is 0 Å². The van der Waals surface area contributed by atoms with E-state index in [0.717, 1.165) is 28.4 Å². The predicted octanol–water partition coefficient (Wildman–Crippen LogP) is 2.52. The highest BCUT2D eigenvalue weighted by atomic mass is 35.5. The summed E-state index contributed by atoms with van der Waals surface area (Å²) in [6.07, 6.45) is 1.68. The normalized spacial score (nSPS) is 12.8. The zero-order valence-corrected chi connectivity index (χ0v) is 12.9. The van der Waals surface area contributed by atoms with E-state index in [2.05, 4.69) is 19.7 Å². The average Bonchev–Trinajstić information content (AvgIpc) is 3.03. The summed E-state index contributed by atoms with van der Waals surface area (Å²) in [7, 11) is 3.56. The Morgan fingerprint density at radius 2 is 2.19 bits per heavy atom. The number of imidazole rings is 1. The van der Waals surface area contributed by atoms with Gasteiger partial charge in [0.1, 0.15) is 17.9 Å². The number of ether oxygens (including phenoxy) is 1. The van der Waals surface area contributed by atoms with Gasteiger partial charge >= 0.3 is 0 Å². The molecule has 7 heteroatoms. The smallest absolute Gasteiger partial charge is 0.152 e. The molecular weight excluding hydrogens is 290 g/mol. The molecular formula is C14H16ClN5O. The fraction of sp³-hybridized carbons (Fsp3) is 0.357. The molecule has 0 bridgehead atoms. The molecule has 3 aromatic rings. The largest absolute Gasteiger partial charge is 0.497 e. The number of nitrogens with zero attached hydrogens (tertiary/aromatic N) is 5. The Kier molecular flexibility index (Phi) is 3.55. The number of rotatable bonds is 4. The lowest BCUT2D eigenvalue weighted by Gasteiger charge is -2.10. The summed E-state index contributed by atoms with van der Waals surface area (Å²) in [5.74, 6) is 2.44. The van der Waals surface area contributed by atoms with Crippen LogP contribution in [0.4, 0.5) is 0 Å². The van der Waals surface area contributed by atoms with Crippen LogP contribution in [0.2, 0.25) is 0 Å². The number of aryl methyl sites for hydroxylation is 1. The van der Waals surface area contributed by atoms with Gasteiger partial charge < -0.3 is 13.9 Å². The number of halogens is 1. The third-order valence-electron chi connectivity index (χ3n) is 3.45. The lowest BCUT2D eigenvalue weighted by molar-refractivity contribution is 0.415. The van der Waals surface area contributed by atoms with Crippen LogP contribution in [0.5, 0.6) is 5.75 Å². The van der Waals surface area contributed by atoms with Crippen molar-refractivity contribution in [1.29, 1.82) is 0 Å². The fourth-order valence-electron chi connectivity index (χ4n) is 2.32. The minimum absolute atomic E-state index is 0.198. The first-order valence-corrected chi connectivity index (χ1v) is 7.05. The van der Waals surface area contributed by atoms with E-state index in [1.165, 1.54) is 0 Å². The summed E-state index contributed by atoms with van der Waals surface area (Å²) < 4.78 is 9.20. The number of benzene rings is 1.